The first-order chi connectivity index (χ1) is 14.1. The van der Waals surface area contributed by atoms with Crippen LogP contribution in [0.3, 0.4) is 0 Å². The van der Waals surface area contributed by atoms with Crippen LogP contribution in [-0.4, -0.2) is 18.4 Å². The van der Waals surface area contributed by atoms with Crippen LogP contribution in [0.2, 0.25) is 0 Å². The highest BCUT2D eigenvalue weighted by molar-refractivity contribution is 9.10. The number of nitrogens with zero attached hydrogens (tertiary/aromatic N) is 1. The van der Waals surface area contributed by atoms with Crippen LogP contribution in [0.5, 0.6) is 5.75 Å². The van der Waals surface area contributed by atoms with E-state index in [-0.39, 0.29) is 11.8 Å². The predicted molar refractivity (Wildman–Crippen MR) is 118 cm³/mol. The van der Waals surface area contributed by atoms with E-state index < -0.39 is 0 Å². The smallest absolute Gasteiger partial charge is 0.265 e. The van der Waals surface area contributed by atoms with Crippen molar-refractivity contribution in [3.05, 3.63) is 94.0 Å². The molecule has 0 N–H and O–H groups in total. The maximum atomic E-state index is 13.4. The number of hydrogen-bond acceptors (Lipinski definition) is 3. The first-order valence-corrected chi connectivity index (χ1v) is 10.1. The van der Waals surface area contributed by atoms with E-state index in [0.29, 0.717) is 34.7 Å². The molecule has 4 nitrogen and oxygen atoms in total. The Morgan fingerprint density at radius 3 is 2.17 bits per heavy atom. The summed E-state index contributed by atoms with van der Waals surface area (Å²) in [5.74, 6) is 0.0164. The molecule has 0 aliphatic carbocycles. The molecule has 5 heteroatoms. The summed E-state index contributed by atoms with van der Waals surface area (Å²) in [4.78, 5) is 27.7. The fourth-order valence-electron chi connectivity index (χ4n) is 3.31. The minimum atomic E-state index is -0.347. The van der Waals surface area contributed by atoms with Crippen molar-refractivity contribution in [2.45, 2.75) is 6.92 Å². The summed E-state index contributed by atoms with van der Waals surface area (Å²) in [7, 11) is 0. The van der Waals surface area contributed by atoms with Crippen LogP contribution in [0, 0.1) is 0 Å². The summed E-state index contributed by atoms with van der Waals surface area (Å²) in [6, 6.07) is 21.9. The molecule has 0 atom stereocenters. The van der Waals surface area contributed by atoms with Crippen molar-refractivity contribution in [3.63, 3.8) is 0 Å². The molecule has 3 aromatic rings. The zero-order chi connectivity index (χ0) is 20.4. The molecule has 144 valence electrons. The molecular weight excluding hydrogens is 430 g/mol. The number of fused-ring (bicyclic) bond motifs is 1. The standard InChI is InChI=1S/C24H18BrNO3/c1-2-29-19-13-11-18(12-14-19)26-23(27)21-6-4-3-5-20(21)22(24(26)28)15-16-7-9-17(25)10-8-16/h3-15H,2H2,1H3/b22-15-. The Morgan fingerprint density at radius 1 is 0.862 bits per heavy atom. The largest absolute Gasteiger partial charge is 0.494 e. The van der Waals surface area contributed by atoms with E-state index in [1.807, 2.05) is 49.4 Å². The normalized spacial score (nSPS) is 14.8. The number of halogens is 1. The Kier molecular flexibility index (Phi) is 5.32. The van der Waals surface area contributed by atoms with Gasteiger partial charge in [0.15, 0.2) is 0 Å². The number of benzene rings is 3. The van der Waals surface area contributed by atoms with Gasteiger partial charge < -0.3 is 4.74 Å². The summed E-state index contributed by atoms with van der Waals surface area (Å²) >= 11 is 3.42. The molecule has 2 amide bonds. The number of anilines is 1. The number of carbonyl (C=O) groups excluding carboxylic acids is 2. The molecule has 3 aromatic carbocycles. The van der Waals surface area contributed by atoms with Gasteiger partial charge in [-0.2, -0.15) is 0 Å². The third kappa shape index (κ3) is 3.74. The summed E-state index contributed by atoms with van der Waals surface area (Å²) < 4.78 is 6.42. The molecule has 1 aliphatic heterocycles. The number of hydrogen-bond donors (Lipinski definition) is 0. The fraction of sp³-hybridized carbons (Fsp3) is 0.0833. The highest BCUT2D eigenvalue weighted by atomic mass is 79.9. The van der Waals surface area contributed by atoms with Crippen molar-refractivity contribution in [1.82, 2.24) is 0 Å². The second-order valence-corrected chi connectivity index (χ2v) is 7.44. The minimum Gasteiger partial charge on any atom is -0.494 e. The second-order valence-electron chi connectivity index (χ2n) is 6.53. The molecule has 1 aliphatic rings. The zero-order valence-electron chi connectivity index (χ0n) is 15.8. The van der Waals surface area contributed by atoms with Crippen molar-refractivity contribution in [3.8, 4) is 5.75 Å². The van der Waals surface area contributed by atoms with Crippen LogP contribution < -0.4 is 9.64 Å². The summed E-state index contributed by atoms with van der Waals surface area (Å²) in [5.41, 5.74) is 3.03. The molecule has 0 saturated heterocycles. The Bertz CT molecular complexity index is 1100. The van der Waals surface area contributed by atoms with Gasteiger partial charge in [-0.1, -0.05) is 46.3 Å². The molecule has 0 unspecified atom stereocenters. The van der Waals surface area contributed by atoms with Gasteiger partial charge in [-0.05, 0) is 66.6 Å². The van der Waals surface area contributed by atoms with E-state index in [1.165, 1.54) is 4.90 Å². The number of carbonyl (C=O) groups is 2. The number of ether oxygens (including phenoxy) is 1. The maximum Gasteiger partial charge on any atom is 0.265 e. The van der Waals surface area contributed by atoms with Crippen LogP contribution in [-0.2, 0) is 4.79 Å². The maximum absolute atomic E-state index is 13.4. The topological polar surface area (TPSA) is 46.6 Å². The lowest BCUT2D eigenvalue weighted by atomic mass is 9.91. The number of imide groups is 1. The van der Waals surface area contributed by atoms with Crippen LogP contribution in [0.15, 0.2) is 77.3 Å². The van der Waals surface area contributed by atoms with Crippen LogP contribution in [0.1, 0.15) is 28.4 Å². The molecule has 29 heavy (non-hydrogen) atoms. The Morgan fingerprint density at radius 2 is 1.52 bits per heavy atom. The number of amides is 2. The van der Waals surface area contributed by atoms with Gasteiger partial charge in [-0.15, -0.1) is 0 Å². The van der Waals surface area contributed by atoms with Crippen LogP contribution in [0.4, 0.5) is 5.69 Å². The average molecular weight is 448 g/mol. The average Bonchev–Trinajstić information content (AvgIpc) is 2.74. The van der Waals surface area contributed by atoms with Crippen molar-refractivity contribution in [1.29, 1.82) is 0 Å². The molecule has 0 bridgehead atoms. The molecule has 0 radical (unpaired) electrons. The van der Waals surface area contributed by atoms with Crippen molar-refractivity contribution in [2.24, 2.45) is 0 Å². The van der Waals surface area contributed by atoms with Gasteiger partial charge in [0.2, 0.25) is 0 Å². The fourth-order valence-corrected chi connectivity index (χ4v) is 3.57. The molecule has 0 saturated carbocycles. The lowest BCUT2D eigenvalue weighted by Crippen LogP contribution is -2.41. The summed E-state index contributed by atoms with van der Waals surface area (Å²) in [5, 5.41) is 0. The predicted octanol–water partition coefficient (Wildman–Crippen LogP) is 5.58. The first kappa shape index (κ1) is 19.2. The van der Waals surface area contributed by atoms with Gasteiger partial charge in [-0.3, -0.25) is 9.59 Å². The minimum absolute atomic E-state index is 0.331. The van der Waals surface area contributed by atoms with Gasteiger partial charge in [-0.25, -0.2) is 4.90 Å². The van der Waals surface area contributed by atoms with E-state index in [4.69, 9.17) is 4.74 Å². The highest BCUT2D eigenvalue weighted by Gasteiger charge is 2.35. The van der Waals surface area contributed by atoms with Crippen molar-refractivity contribution in [2.75, 3.05) is 11.5 Å². The highest BCUT2D eigenvalue weighted by Crippen LogP contribution is 2.34. The van der Waals surface area contributed by atoms with Crippen molar-refractivity contribution >= 4 is 45.1 Å². The molecular formula is C24H18BrNO3. The first-order valence-electron chi connectivity index (χ1n) is 9.27. The van der Waals surface area contributed by atoms with Crippen LogP contribution >= 0.6 is 15.9 Å². The zero-order valence-corrected chi connectivity index (χ0v) is 17.3. The van der Waals surface area contributed by atoms with Gasteiger partial charge in [0.1, 0.15) is 5.75 Å². The lowest BCUT2D eigenvalue weighted by Gasteiger charge is -2.28. The Balaban J connectivity index is 1.81. The van der Waals surface area contributed by atoms with E-state index >= 15 is 0 Å². The van der Waals surface area contributed by atoms with E-state index in [9.17, 15) is 9.59 Å². The monoisotopic (exact) mass is 447 g/mol. The van der Waals surface area contributed by atoms with Gasteiger partial charge >= 0.3 is 0 Å². The summed E-state index contributed by atoms with van der Waals surface area (Å²) in [6.45, 7) is 2.45. The quantitative estimate of drug-likeness (QED) is 0.387. The van der Waals surface area contributed by atoms with Gasteiger partial charge in [0.05, 0.1) is 12.3 Å². The van der Waals surface area contributed by atoms with Gasteiger partial charge in [0, 0.05) is 15.6 Å². The molecule has 1 heterocycles. The van der Waals surface area contributed by atoms with E-state index in [0.717, 1.165) is 10.0 Å². The van der Waals surface area contributed by atoms with E-state index in [1.54, 1.807) is 36.4 Å². The second kappa shape index (κ2) is 8.05. The molecule has 0 fully saturated rings. The Hall–Kier alpha value is -3.18. The van der Waals surface area contributed by atoms with Gasteiger partial charge in [0.25, 0.3) is 11.8 Å². The number of rotatable bonds is 4. The third-order valence-electron chi connectivity index (χ3n) is 4.67. The lowest BCUT2D eigenvalue weighted by molar-refractivity contribution is -0.112. The summed E-state index contributed by atoms with van der Waals surface area (Å²) in [6.07, 6.45) is 1.82. The molecule has 0 spiro atoms. The Labute approximate surface area is 177 Å². The van der Waals surface area contributed by atoms with Crippen LogP contribution in [0.25, 0.3) is 11.6 Å². The molecule has 4 rings (SSSR count). The SMILES string of the molecule is CCOc1ccc(N2C(=O)/C(=C\c3ccc(Br)cc3)c3ccccc3C2=O)cc1. The van der Waals surface area contributed by atoms with Crippen molar-refractivity contribution < 1.29 is 14.3 Å². The third-order valence-corrected chi connectivity index (χ3v) is 5.20. The van der Waals surface area contributed by atoms with E-state index in [2.05, 4.69) is 15.9 Å². The molecule has 0 aromatic heterocycles.